The van der Waals surface area contributed by atoms with Crippen LogP contribution < -0.4 is 5.32 Å². The van der Waals surface area contributed by atoms with Crippen molar-refractivity contribution in [1.29, 1.82) is 0 Å². The van der Waals surface area contributed by atoms with E-state index in [-0.39, 0.29) is 0 Å². The smallest absolute Gasteiger partial charge is 0.0728 e. The molecule has 2 aliphatic rings. The van der Waals surface area contributed by atoms with E-state index >= 15 is 0 Å². The second kappa shape index (κ2) is 5.16. The monoisotopic (exact) mass is 263 g/mol. The van der Waals surface area contributed by atoms with Gasteiger partial charge in [0.1, 0.15) is 0 Å². The topological polar surface area (TPSA) is 39.1 Å². The molecule has 1 aromatic heterocycles. The SMILES string of the molecule is CCOC1CC(Nc2cnn(CC)c2)C12CCCC2. The van der Waals surface area contributed by atoms with Crippen molar-refractivity contribution in [1.82, 2.24) is 9.78 Å². The molecule has 0 aliphatic heterocycles. The summed E-state index contributed by atoms with van der Waals surface area (Å²) >= 11 is 0. The molecule has 0 radical (unpaired) electrons. The second-order valence-corrected chi connectivity index (χ2v) is 5.90. The van der Waals surface area contributed by atoms with Crippen LogP contribution in [0.15, 0.2) is 12.4 Å². The van der Waals surface area contributed by atoms with Gasteiger partial charge in [0.05, 0.1) is 18.0 Å². The Kier molecular flexibility index (Phi) is 3.52. The summed E-state index contributed by atoms with van der Waals surface area (Å²) in [6.07, 6.45) is 11.0. The Labute approximate surface area is 115 Å². The standard InChI is InChI=1S/C15H25N3O/c1-3-18-11-12(10-16-18)17-13-9-14(19-4-2)15(13)7-5-6-8-15/h10-11,13-14,17H,3-9H2,1-2H3. The summed E-state index contributed by atoms with van der Waals surface area (Å²) in [6.45, 7) is 5.99. The first-order valence-corrected chi connectivity index (χ1v) is 7.69. The van der Waals surface area contributed by atoms with E-state index < -0.39 is 0 Å². The predicted octanol–water partition coefficient (Wildman–Crippen LogP) is 3.05. The average molecular weight is 263 g/mol. The fourth-order valence-corrected chi connectivity index (χ4v) is 3.90. The first-order valence-electron chi connectivity index (χ1n) is 7.69. The summed E-state index contributed by atoms with van der Waals surface area (Å²) in [5, 5.41) is 8.03. The van der Waals surface area contributed by atoms with Crippen molar-refractivity contribution in [2.24, 2.45) is 5.41 Å². The molecule has 1 heterocycles. The number of nitrogens with zero attached hydrogens (tertiary/aromatic N) is 2. The predicted molar refractivity (Wildman–Crippen MR) is 76.2 cm³/mol. The third-order valence-electron chi connectivity index (χ3n) is 4.99. The van der Waals surface area contributed by atoms with E-state index in [0.717, 1.165) is 25.3 Å². The van der Waals surface area contributed by atoms with Gasteiger partial charge in [-0.1, -0.05) is 12.8 Å². The minimum Gasteiger partial charge on any atom is -0.379 e. The molecule has 0 amide bonds. The van der Waals surface area contributed by atoms with Crippen LogP contribution in [0.4, 0.5) is 5.69 Å². The lowest BCUT2D eigenvalue weighted by atomic mass is 9.60. The van der Waals surface area contributed by atoms with Gasteiger partial charge in [-0.15, -0.1) is 0 Å². The Hall–Kier alpha value is -1.03. The summed E-state index contributed by atoms with van der Waals surface area (Å²) < 4.78 is 7.92. The van der Waals surface area contributed by atoms with Crippen LogP contribution in [-0.2, 0) is 11.3 Å². The van der Waals surface area contributed by atoms with Crippen LogP contribution in [-0.4, -0.2) is 28.5 Å². The van der Waals surface area contributed by atoms with Gasteiger partial charge >= 0.3 is 0 Å². The highest BCUT2D eigenvalue weighted by Crippen LogP contribution is 2.55. The molecule has 2 atom stereocenters. The summed E-state index contributed by atoms with van der Waals surface area (Å²) in [5.41, 5.74) is 1.55. The Bertz CT molecular complexity index is 423. The highest BCUT2D eigenvalue weighted by atomic mass is 16.5. The van der Waals surface area contributed by atoms with Crippen molar-refractivity contribution in [2.75, 3.05) is 11.9 Å². The summed E-state index contributed by atoms with van der Waals surface area (Å²) in [4.78, 5) is 0. The van der Waals surface area contributed by atoms with Crippen molar-refractivity contribution in [3.05, 3.63) is 12.4 Å². The lowest BCUT2D eigenvalue weighted by Crippen LogP contribution is -2.60. The zero-order valence-corrected chi connectivity index (χ0v) is 12.1. The molecule has 2 fully saturated rings. The van der Waals surface area contributed by atoms with E-state index in [1.807, 2.05) is 10.9 Å². The molecule has 1 N–H and O–H groups in total. The van der Waals surface area contributed by atoms with Crippen LogP contribution in [0, 0.1) is 5.41 Å². The zero-order chi connectivity index (χ0) is 13.3. The minimum atomic E-state index is 0.393. The van der Waals surface area contributed by atoms with Crippen LogP contribution in [0.2, 0.25) is 0 Å². The van der Waals surface area contributed by atoms with Crippen LogP contribution in [0.5, 0.6) is 0 Å². The number of rotatable bonds is 5. The summed E-state index contributed by atoms with van der Waals surface area (Å²) in [5.74, 6) is 0. The normalized spacial score (nSPS) is 28.5. The Morgan fingerprint density at radius 2 is 2.21 bits per heavy atom. The summed E-state index contributed by atoms with van der Waals surface area (Å²) in [6, 6.07) is 0.570. The van der Waals surface area contributed by atoms with Crippen LogP contribution in [0.3, 0.4) is 0 Å². The molecule has 1 aromatic rings. The second-order valence-electron chi connectivity index (χ2n) is 5.90. The highest BCUT2D eigenvalue weighted by Gasteiger charge is 2.56. The van der Waals surface area contributed by atoms with Crippen LogP contribution in [0.1, 0.15) is 46.0 Å². The minimum absolute atomic E-state index is 0.393. The maximum absolute atomic E-state index is 5.95. The van der Waals surface area contributed by atoms with Crippen molar-refractivity contribution in [3.8, 4) is 0 Å². The molecule has 2 saturated carbocycles. The molecule has 0 aromatic carbocycles. The van der Waals surface area contributed by atoms with Crippen molar-refractivity contribution >= 4 is 5.69 Å². The van der Waals surface area contributed by atoms with E-state index in [9.17, 15) is 0 Å². The molecule has 3 rings (SSSR count). The Balaban J connectivity index is 1.68. The fraction of sp³-hybridized carbons (Fsp3) is 0.800. The van der Waals surface area contributed by atoms with Crippen molar-refractivity contribution in [3.63, 3.8) is 0 Å². The van der Waals surface area contributed by atoms with Crippen LogP contribution in [0.25, 0.3) is 0 Å². The van der Waals surface area contributed by atoms with Gasteiger partial charge in [0.15, 0.2) is 0 Å². The molecular formula is C15H25N3O. The number of nitrogens with one attached hydrogen (secondary N) is 1. The number of aromatic nitrogens is 2. The van der Waals surface area contributed by atoms with E-state index in [4.69, 9.17) is 4.74 Å². The molecule has 1 spiro atoms. The van der Waals surface area contributed by atoms with Gasteiger partial charge in [-0.25, -0.2) is 0 Å². The number of ether oxygens (including phenoxy) is 1. The molecule has 0 saturated heterocycles. The first-order chi connectivity index (χ1) is 9.28. The van der Waals surface area contributed by atoms with Crippen LogP contribution >= 0.6 is 0 Å². The van der Waals surface area contributed by atoms with E-state index in [0.29, 0.717) is 17.6 Å². The van der Waals surface area contributed by atoms with E-state index in [1.54, 1.807) is 0 Å². The molecular weight excluding hydrogens is 238 g/mol. The average Bonchev–Trinajstić information content (AvgIpc) is 3.08. The van der Waals surface area contributed by atoms with Gasteiger partial charge in [0, 0.05) is 30.8 Å². The van der Waals surface area contributed by atoms with Gasteiger partial charge in [0.25, 0.3) is 0 Å². The maximum Gasteiger partial charge on any atom is 0.0728 e. The lowest BCUT2D eigenvalue weighted by Gasteiger charge is -2.54. The molecule has 2 unspecified atom stereocenters. The summed E-state index contributed by atoms with van der Waals surface area (Å²) in [7, 11) is 0. The van der Waals surface area contributed by atoms with Crippen molar-refractivity contribution < 1.29 is 4.74 Å². The molecule has 0 bridgehead atoms. The van der Waals surface area contributed by atoms with Gasteiger partial charge in [-0.3, -0.25) is 4.68 Å². The Morgan fingerprint density at radius 3 is 2.84 bits per heavy atom. The van der Waals surface area contributed by atoms with E-state index in [2.05, 4.69) is 30.5 Å². The molecule has 4 heteroatoms. The van der Waals surface area contributed by atoms with Gasteiger partial charge in [-0.2, -0.15) is 5.10 Å². The number of hydrogen-bond acceptors (Lipinski definition) is 3. The number of anilines is 1. The highest BCUT2D eigenvalue weighted by molar-refractivity contribution is 5.41. The van der Waals surface area contributed by atoms with Gasteiger partial charge < -0.3 is 10.1 Å². The molecule has 2 aliphatic carbocycles. The fourth-order valence-electron chi connectivity index (χ4n) is 3.90. The van der Waals surface area contributed by atoms with Gasteiger partial charge in [0.2, 0.25) is 0 Å². The third-order valence-corrected chi connectivity index (χ3v) is 4.99. The molecule has 19 heavy (non-hydrogen) atoms. The number of hydrogen-bond donors (Lipinski definition) is 1. The largest absolute Gasteiger partial charge is 0.379 e. The zero-order valence-electron chi connectivity index (χ0n) is 12.1. The Morgan fingerprint density at radius 1 is 1.42 bits per heavy atom. The quantitative estimate of drug-likeness (QED) is 0.887. The maximum atomic E-state index is 5.95. The van der Waals surface area contributed by atoms with Gasteiger partial charge in [-0.05, 0) is 33.1 Å². The molecule has 4 nitrogen and oxygen atoms in total. The van der Waals surface area contributed by atoms with E-state index in [1.165, 1.54) is 25.7 Å². The molecule has 106 valence electrons. The first kappa shape index (κ1) is 13.0. The third kappa shape index (κ3) is 2.16. The lowest BCUT2D eigenvalue weighted by molar-refractivity contribution is -0.114. The number of aryl methyl sites for hydroxylation is 1. The van der Waals surface area contributed by atoms with Crippen molar-refractivity contribution in [2.45, 2.75) is 64.6 Å².